The molecule has 0 radical (unpaired) electrons. The zero-order valence-corrected chi connectivity index (χ0v) is 14.5. The van der Waals surface area contributed by atoms with Gasteiger partial charge in [-0.1, -0.05) is 60.8 Å². The van der Waals surface area contributed by atoms with Crippen molar-refractivity contribution in [2.24, 2.45) is 5.92 Å². The highest BCUT2D eigenvalue weighted by molar-refractivity contribution is 4.79. The number of hydrogen-bond donors (Lipinski definition) is 0. The van der Waals surface area contributed by atoms with Gasteiger partial charge in [0.1, 0.15) is 0 Å². The lowest BCUT2D eigenvalue weighted by Crippen LogP contribution is -2.48. The second-order valence-electron chi connectivity index (χ2n) is 4.76. The van der Waals surface area contributed by atoms with Crippen molar-refractivity contribution in [2.75, 3.05) is 32.8 Å². The molecule has 0 unspecified atom stereocenters. The summed E-state index contributed by atoms with van der Waals surface area (Å²) in [6.45, 7) is 18.3. The minimum atomic E-state index is 0.823. The van der Waals surface area contributed by atoms with Crippen molar-refractivity contribution in [2.45, 2.75) is 73.6 Å². The van der Waals surface area contributed by atoms with Crippen molar-refractivity contribution in [3.63, 3.8) is 0 Å². The Hall–Kier alpha value is -0.0800. The Bertz CT molecular complexity index is 144. The second kappa shape index (κ2) is 17.9. The fourth-order valence-corrected chi connectivity index (χ4v) is 2.05. The minimum absolute atomic E-state index is 0.823. The molecule has 0 spiro atoms. The van der Waals surface area contributed by atoms with Gasteiger partial charge in [-0.15, -0.1) is 0 Å². The molecule has 2 nitrogen and oxygen atoms in total. The van der Waals surface area contributed by atoms with Crippen LogP contribution < -0.4 is 0 Å². The second-order valence-corrected chi connectivity index (χ2v) is 4.76. The van der Waals surface area contributed by atoms with Gasteiger partial charge >= 0.3 is 0 Å². The van der Waals surface area contributed by atoms with E-state index in [4.69, 9.17) is 4.74 Å². The number of likely N-dealkylation sites (tertiary alicyclic amines) is 1. The number of unbranched alkanes of at least 4 members (excludes halogenated alkanes) is 3. The van der Waals surface area contributed by atoms with Crippen molar-refractivity contribution in [1.29, 1.82) is 0 Å². The van der Waals surface area contributed by atoms with Crippen LogP contribution in [-0.4, -0.2) is 37.7 Å². The summed E-state index contributed by atoms with van der Waals surface area (Å²) in [6.07, 6.45) is 6.55. The normalized spacial score (nSPS) is 14.8. The first-order chi connectivity index (χ1) is 9.36. The molecule has 1 rings (SSSR count). The van der Waals surface area contributed by atoms with Gasteiger partial charge in [-0.25, -0.2) is 0 Å². The van der Waals surface area contributed by atoms with E-state index in [1.807, 2.05) is 27.7 Å². The van der Waals surface area contributed by atoms with Gasteiger partial charge in [0.25, 0.3) is 0 Å². The van der Waals surface area contributed by atoms with Crippen molar-refractivity contribution >= 4 is 0 Å². The highest BCUT2D eigenvalue weighted by atomic mass is 16.5. The largest absolute Gasteiger partial charge is 0.381 e. The summed E-state index contributed by atoms with van der Waals surface area (Å²) in [5, 5.41) is 0. The molecule has 0 aromatic heterocycles. The smallest absolute Gasteiger partial charge is 0.0518 e. The molecule has 1 heterocycles. The van der Waals surface area contributed by atoms with Crippen LogP contribution in [0.15, 0.2) is 0 Å². The van der Waals surface area contributed by atoms with E-state index in [2.05, 4.69) is 18.7 Å². The zero-order valence-electron chi connectivity index (χ0n) is 14.5. The summed E-state index contributed by atoms with van der Waals surface area (Å²) in [5.41, 5.74) is 0. The predicted molar refractivity (Wildman–Crippen MR) is 87.9 cm³/mol. The van der Waals surface area contributed by atoms with E-state index < -0.39 is 0 Å². The van der Waals surface area contributed by atoms with Crippen LogP contribution in [0, 0.1) is 5.92 Å². The fourth-order valence-electron chi connectivity index (χ4n) is 2.05. The Labute approximate surface area is 122 Å². The third-order valence-electron chi connectivity index (χ3n) is 3.11. The van der Waals surface area contributed by atoms with E-state index >= 15 is 0 Å². The van der Waals surface area contributed by atoms with E-state index in [0.29, 0.717) is 0 Å². The molecule has 19 heavy (non-hydrogen) atoms. The van der Waals surface area contributed by atoms with Crippen LogP contribution in [0.5, 0.6) is 0 Å². The number of nitrogens with zero attached hydrogens (tertiary/aromatic N) is 1. The van der Waals surface area contributed by atoms with Crippen LogP contribution in [0.3, 0.4) is 0 Å². The molecule has 0 bridgehead atoms. The first-order valence-electron chi connectivity index (χ1n) is 8.66. The van der Waals surface area contributed by atoms with Crippen molar-refractivity contribution in [3.8, 4) is 0 Å². The molecule has 0 aromatic carbocycles. The monoisotopic (exact) mass is 273 g/mol. The van der Waals surface area contributed by atoms with Gasteiger partial charge in [-0.05, 0) is 19.4 Å². The summed E-state index contributed by atoms with van der Waals surface area (Å²) in [6, 6.07) is 0. The van der Waals surface area contributed by atoms with E-state index in [1.165, 1.54) is 51.7 Å². The SMILES string of the molecule is CC.CC.CCCCCN1CC(COCCCC)C1. The summed E-state index contributed by atoms with van der Waals surface area (Å²) in [4.78, 5) is 2.56. The van der Waals surface area contributed by atoms with Gasteiger partial charge in [-0.2, -0.15) is 0 Å². The molecule has 0 amide bonds. The predicted octanol–water partition coefficient (Wildman–Crippen LogP) is 4.98. The van der Waals surface area contributed by atoms with Crippen molar-refractivity contribution in [3.05, 3.63) is 0 Å². The fraction of sp³-hybridized carbons (Fsp3) is 1.00. The van der Waals surface area contributed by atoms with Crippen LogP contribution in [0.1, 0.15) is 73.6 Å². The van der Waals surface area contributed by atoms with Crippen LogP contribution >= 0.6 is 0 Å². The summed E-state index contributed by atoms with van der Waals surface area (Å²) >= 11 is 0. The Balaban J connectivity index is 0. The van der Waals surface area contributed by atoms with E-state index in [-0.39, 0.29) is 0 Å². The first kappa shape index (κ1) is 21.2. The maximum atomic E-state index is 5.63. The maximum Gasteiger partial charge on any atom is 0.0518 e. The average Bonchev–Trinajstić information content (AvgIpc) is 2.44. The molecule has 118 valence electrons. The van der Waals surface area contributed by atoms with Gasteiger partial charge in [0.2, 0.25) is 0 Å². The van der Waals surface area contributed by atoms with Gasteiger partial charge in [-0.3, -0.25) is 0 Å². The van der Waals surface area contributed by atoms with Crippen LogP contribution in [0.2, 0.25) is 0 Å². The number of rotatable bonds is 9. The summed E-state index contributed by atoms with van der Waals surface area (Å²) < 4.78 is 5.63. The highest BCUT2D eigenvalue weighted by Gasteiger charge is 2.25. The van der Waals surface area contributed by atoms with Crippen LogP contribution in [-0.2, 0) is 4.74 Å². The van der Waals surface area contributed by atoms with Gasteiger partial charge in [0.05, 0.1) is 6.61 Å². The lowest BCUT2D eigenvalue weighted by atomic mass is 10.0. The molecule has 0 saturated carbocycles. The van der Waals surface area contributed by atoms with Gasteiger partial charge in [0, 0.05) is 25.6 Å². The molecule has 1 aliphatic heterocycles. The lowest BCUT2D eigenvalue weighted by molar-refractivity contribution is 0.0133. The van der Waals surface area contributed by atoms with E-state index in [9.17, 15) is 0 Å². The number of ether oxygens (including phenoxy) is 1. The number of hydrogen-bond acceptors (Lipinski definition) is 2. The molecular formula is C17H39NO. The van der Waals surface area contributed by atoms with Crippen molar-refractivity contribution in [1.82, 2.24) is 4.90 Å². The van der Waals surface area contributed by atoms with Gasteiger partial charge in [0.15, 0.2) is 0 Å². The quantitative estimate of drug-likeness (QED) is 0.549. The van der Waals surface area contributed by atoms with E-state index in [0.717, 1.165) is 19.1 Å². The lowest BCUT2D eigenvalue weighted by Gasteiger charge is -2.39. The zero-order chi connectivity index (χ0) is 14.9. The average molecular weight is 274 g/mol. The Morgan fingerprint density at radius 1 is 0.895 bits per heavy atom. The van der Waals surface area contributed by atoms with Crippen LogP contribution in [0.4, 0.5) is 0 Å². The Kier molecular flexibility index (Phi) is 20.0. The molecule has 0 aromatic rings. The molecule has 2 heteroatoms. The topological polar surface area (TPSA) is 12.5 Å². The maximum absolute atomic E-state index is 5.63. The minimum Gasteiger partial charge on any atom is -0.381 e. The van der Waals surface area contributed by atoms with E-state index in [1.54, 1.807) is 0 Å². The molecule has 0 aliphatic carbocycles. The molecule has 1 fully saturated rings. The van der Waals surface area contributed by atoms with Gasteiger partial charge < -0.3 is 9.64 Å². The van der Waals surface area contributed by atoms with Crippen molar-refractivity contribution < 1.29 is 4.74 Å². The third-order valence-corrected chi connectivity index (χ3v) is 3.11. The Morgan fingerprint density at radius 2 is 1.47 bits per heavy atom. The standard InChI is InChI=1S/C13H27NO.2C2H6/c1-3-5-7-8-14-10-13(11-14)12-15-9-6-4-2;2*1-2/h13H,3-12H2,1-2H3;2*1-2H3. The molecular weight excluding hydrogens is 234 g/mol. The Morgan fingerprint density at radius 3 is 2.00 bits per heavy atom. The molecule has 0 N–H and O–H groups in total. The molecule has 1 saturated heterocycles. The first-order valence-corrected chi connectivity index (χ1v) is 8.66. The third kappa shape index (κ3) is 12.7. The molecule has 0 atom stereocenters. The molecule has 1 aliphatic rings. The highest BCUT2D eigenvalue weighted by Crippen LogP contribution is 2.16. The summed E-state index contributed by atoms with van der Waals surface area (Å²) in [7, 11) is 0. The van der Waals surface area contributed by atoms with Crippen LogP contribution in [0.25, 0.3) is 0 Å². The summed E-state index contributed by atoms with van der Waals surface area (Å²) in [5.74, 6) is 0.823.